The summed E-state index contributed by atoms with van der Waals surface area (Å²) >= 11 is 6.23. The van der Waals surface area contributed by atoms with Crippen molar-refractivity contribution < 1.29 is 22.7 Å². The molecule has 1 atom stereocenters. The summed E-state index contributed by atoms with van der Waals surface area (Å²) in [5.74, 6) is -0.680. The molecule has 0 saturated carbocycles. The third-order valence-electron chi connectivity index (χ3n) is 6.01. The Balaban J connectivity index is 2.08. The number of ether oxygens (including phenoxy) is 1. The summed E-state index contributed by atoms with van der Waals surface area (Å²) < 4.78 is 34.1. The van der Waals surface area contributed by atoms with Crippen molar-refractivity contribution in [1.29, 1.82) is 0 Å². The van der Waals surface area contributed by atoms with Crippen LogP contribution in [0.2, 0.25) is 5.02 Å². The van der Waals surface area contributed by atoms with Gasteiger partial charge in [0.1, 0.15) is 18.3 Å². The second kappa shape index (κ2) is 12.8. The summed E-state index contributed by atoms with van der Waals surface area (Å²) in [6.45, 7) is 5.29. The van der Waals surface area contributed by atoms with E-state index in [4.69, 9.17) is 16.3 Å². The van der Waals surface area contributed by atoms with Crippen LogP contribution in [0.5, 0.6) is 5.75 Å². The molecule has 202 valence electrons. The monoisotopic (exact) mass is 557 g/mol. The summed E-state index contributed by atoms with van der Waals surface area (Å²) in [7, 11) is -2.81. The molecule has 3 rings (SSSR count). The van der Waals surface area contributed by atoms with Gasteiger partial charge in [-0.3, -0.25) is 13.9 Å². The third-order valence-corrected chi connectivity index (χ3v) is 8.02. The molecule has 0 heterocycles. The molecule has 0 saturated heterocycles. The Hall–Kier alpha value is -3.56. The molecule has 0 aliphatic heterocycles. The number of hydrogen-bond acceptors (Lipinski definition) is 5. The first-order valence-electron chi connectivity index (χ1n) is 12.1. The number of hydrogen-bond donors (Lipinski definition) is 1. The van der Waals surface area contributed by atoms with Gasteiger partial charge in [-0.05, 0) is 56.7 Å². The molecule has 10 heteroatoms. The smallest absolute Gasteiger partial charge is 0.264 e. The minimum absolute atomic E-state index is 0.00307. The van der Waals surface area contributed by atoms with Crippen molar-refractivity contribution in [3.63, 3.8) is 0 Å². The van der Waals surface area contributed by atoms with Crippen molar-refractivity contribution in [2.24, 2.45) is 0 Å². The highest BCUT2D eigenvalue weighted by atomic mass is 35.5. The van der Waals surface area contributed by atoms with Gasteiger partial charge in [0.25, 0.3) is 10.0 Å². The molecule has 8 nitrogen and oxygen atoms in total. The van der Waals surface area contributed by atoms with Gasteiger partial charge in [0.15, 0.2) is 0 Å². The number of anilines is 1. The fraction of sp³-hybridized carbons (Fsp3) is 0.286. The van der Waals surface area contributed by atoms with E-state index < -0.39 is 28.5 Å². The Labute approximate surface area is 229 Å². The first-order chi connectivity index (χ1) is 18.1. The average molecular weight is 558 g/mol. The van der Waals surface area contributed by atoms with E-state index in [1.165, 1.54) is 36.3 Å². The number of amides is 2. The Kier molecular flexibility index (Phi) is 9.77. The van der Waals surface area contributed by atoms with Gasteiger partial charge in [0.2, 0.25) is 11.8 Å². The maximum atomic E-state index is 13.9. The summed E-state index contributed by atoms with van der Waals surface area (Å²) in [5.41, 5.74) is 1.97. The second-order valence-electron chi connectivity index (χ2n) is 8.72. The van der Waals surface area contributed by atoms with E-state index >= 15 is 0 Å². The van der Waals surface area contributed by atoms with E-state index in [-0.39, 0.29) is 33.8 Å². The zero-order valence-corrected chi connectivity index (χ0v) is 23.4. The molecule has 3 aromatic carbocycles. The van der Waals surface area contributed by atoms with Crippen LogP contribution in [0.3, 0.4) is 0 Å². The van der Waals surface area contributed by atoms with Crippen LogP contribution < -0.4 is 14.4 Å². The lowest BCUT2D eigenvalue weighted by molar-refractivity contribution is -0.139. The Bertz CT molecular complexity index is 1360. The molecule has 0 bridgehead atoms. The van der Waals surface area contributed by atoms with Crippen LogP contribution in [0.4, 0.5) is 5.69 Å². The first-order valence-corrected chi connectivity index (χ1v) is 13.9. The predicted octanol–water partition coefficient (Wildman–Crippen LogP) is 4.41. The molecule has 38 heavy (non-hydrogen) atoms. The number of carbonyl (C=O) groups excluding carboxylic acids is 2. The van der Waals surface area contributed by atoms with Gasteiger partial charge in [0.05, 0.1) is 17.7 Å². The van der Waals surface area contributed by atoms with Gasteiger partial charge in [-0.2, -0.15) is 0 Å². The van der Waals surface area contributed by atoms with Crippen LogP contribution in [-0.4, -0.2) is 51.4 Å². The number of aryl methyl sites for hydroxylation is 1. The highest BCUT2D eigenvalue weighted by molar-refractivity contribution is 7.92. The first kappa shape index (κ1) is 29.0. The van der Waals surface area contributed by atoms with Gasteiger partial charge >= 0.3 is 0 Å². The molecule has 3 aromatic rings. The Morgan fingerprint density at radius 3 is 2.29 bits per heavy atom. The molecule has 0 unspecified atom stereocenters. The largest absolute Gasteiger partial charge is 0.495 e. The lowest BCUT2D eigenvalue weighted by Crippen LogP contribution is -2.51. The number of rotatable bonds is 11. The highest BCUT2D eigenvalue weighted by Crippen LogP contribution is 2.35. The van der Waals surface area contributed by atoms with Gasteiger partial charge in [-0.25, -0.2) is 8.42 Å². The van der Waals surface area contributed by atoms with Crippen LogP contribution >= 0.6 is 11.6 Å². The molecule has 0 aromatic heterocycles. The molecular formula is C28H32ClN3O5S. The minimum atomic E-state index is -4.22. The molecule has 0 radical (unpaired) electrons. The zero-order valence-electron chi connectivity index (χ0n) is 21.8. The second-order valence-corrected chi connectivity index (χ2v) is 11.0. The summed E-state index contributed by atoms with van der Waals surface area (Å²) in [4.78, 5) is 28.0. The number of sulfonamides is 1. The fourth-order valence-electron chi connectivity index (χ4n) is 3.89. The maximum absolute atomic E-state index is 13.9. The summed E-state index contributed by atoms with van der Waals surface area (Å²) in [5, 5.41) is 3.01. The molecule has 2 amide bonds. The molecule has 0 fully saturated rings. The number of carbonyl (C=O) groups is 2. The SMILES string of the molecule is CCNC(=O)[C@@H](C)N(Cc1ccc(C)cc1)C(=O)CN(c1cc(Cl)ccc1OC)S(=O)(=O)c1ccccc1. The lowest BCUT2D eigenvalue weighted by Gasteiger charge is -2.32. The number of halogens is 1. The molecular weight excluding hydrogens is 526 g/mol. The van der Waals surface area contributed by atoms with Crippen molar-refractivity contribution in [2.45, 2.75) is 38.3 Å². The Morgan fingerprint density at radius 2 is 1.68 bits per heavy atom. The quantitative estimate of drug-likeness (QED) is 0.377. The van der Waals surface area contributed by atoms with Gasteiger partial charge in [-0.15, -0.1) is 0 Å². The third kappa shape index (κ3) is 6.85. The van der Waals surface area contributed by atoms with Crippen molar-refractivity contribution in [3.8, 4) is 5.75 Å². The Morgan fingerprint density at radius 1 is 1.03 bits per heavy atom. The summed E-state index contributed by atoms with van der Waals surface area (Å²) in [6, 6.07) is 19.1. The van der Waals surface area contributed by atoms with Crippen molar-refractivity contribution >= 4 is 39.1 Å². The fourth-order valence-corrected chi connectivity index (χ4v) is 5.49. The van der Waals surface area contributed by atoms with Crippen LogP contribution in [0, 0.1) is 6.92 Å². The standard InChI is InChI=1S/C28H32ClN3O5S/c1-5-30-28(34)21(3)31(18-22-13-11-20(2)12-14-22)27(33)19-32(25-17-23(29)15-16-26(25)37-4)38(35,36)24-9-7-6-8-10-24/h6-17,21H,5,18-19H2,1-4H3,(H,30,34)/t21-/m1/s1. The van der Waals surface area contributed by atoms with E-state index in [0.29, 0.717) is 6.54 Å². The number of methoxy groups -OCH3 is 1. The van der Waals surface area contributed by atoms with Crippen LogP contribution in [0.1, 0.15) is 25.0 Å². The number of benzene rings is 3. The normalized spacial score (nSPS) is 11.9. The summed E-state index contributed by atoms with van der Waals surface area (Å²) in [6.07, 6.45) is 0. The van der Waals surface area contributed by atoms with Crippen molar-refractivity contribution in [1.82, 2.24) is 10.2 Å². The van der Waals surface area contributed by atoms with Crippen LogP contribution in [-0.2, 0) is 26.2 Å². The molecule has 0 aliphatic carbocycles. The topological polar surface area (TPSA) is 96.0 Å². The average Bonchev–Trinajstić information content (AvgIpc) is 2.91. The number of nitrogens with one attached hydrogen (secondary N) is 1. The minimum Gasteiger partial charge on any atom is -0.495 e. The lowest BCUT2D eigenvalue weighted by atomic mass is 10.1. The zero-order chi connectivity index (χ0) is 27.9. The molecule has 1 N–H and O–H groups in total. The number of likely N-dealkylation sites (N-methyl/N-ethyl adjacent to an activating group) is 1. The van der Waals surface area contributed by atoms with Crippen molar-refractivity contribution in [2.75, 3.05) is 24.5 Å². The van der Waals surface area contributed by atoms with Gasteiger partial charge in [0, 0.05) is 18.1 Å². The van der Waals surface area contributed by atoms with E-state index in [1.807, 2.05) is 31.2 Å². The highest BCUT2D eigenvalue weighted by Gasteiger charge is 2.33. The van der Waals surface area contributed by atoms with E-state index in [9.17, 15) is 18.0 Å². The molecule has 0 aliphatic rings. The number of nitrogens with zero attached hydrogens (tertiary/aromatic N) is 2. The maximum Gasteiger partial charge on any atom is 0.264 e. The van der Waals surface area contributed by atoms with E-state index in [2.05, 4.69) is 5.32 Å². The van der Waals surface area contributed by atoms with Crippen molar-refractivity contribution in [3.05, 3.63) is 88.9 Å². The van der Waals surface area contributed by atoms with Crippen LogP contribution in [0.25, 0.3) is 0 Å². The van der Waals surface area contributed by atoms with E-state index in [1.54, 1.807) is 38.1 Å². The molecule has 0 spiro atoms. The van der Waals surface area contributed by atoms with Gasteiger partial charge < -0.3 is 15.0 Å². The van der Waals surface area contributed by atoms with E-state index in [0.717, 1.165) is 15.4 Å². The predicted molar refractivity (Wildman–Crippen MR) is 149 cm³/mol. The van der Waals surface area contributed by atoms with Gasteiger partial charge in [-0.1, -0.05) is 59.6 Å². The van der Waals surface area contributed by atoms with Crippen LogP contribution in [0.15, 0.2) is 77.7 Å².